The number of hydrogen-bond acceptors (Lipinski definition) is 0. The molecule has 0 saturated heterocycles. The standard InChI is InChI=1S/2C14H18.2Mn/c2*1-7-9(3)13-11(5)8(2)12(6)14(13)10(7)4;;/h2*1-6H3;;/q2*-2;2*+2. The topological polar surface area (TPSA) is 0 Å². The van der Waals surface area contributed by atoms with Crippen molar-refractivity contribution >= 4 is 10.8 Å². The molecule has 6 radical (unpaired) electrons. The zero-order valence-corrected chi connectivity index (χ0v) is 23.1. The van der Waals surface area contributed by atoms with E-state index in [0.717, 1.165) is 0 Å². The van der Waals surface area contributed by atoms with Crippen molar-refractivity contribution in [3.8, 4) is 0 Å². The number of allylic oxidation sites excluding steroid dienone is 2. The van der Waals surface area contributed by atoms with Gasteiger partial charge in [-0.2, -0.15) is 18.4 Å². The Kier molecular flexibility index (Phi) is 8.87. The van der Waals surface area contributed by atoms with Gasteiger partial charge in [0.05, 0.1) is 0 Å². The predicted octanol–water partition coefficient (Wildman–Crippen LogP) is 8.00. The molecular formula is C28H36Mn2. The average molecular weight is 482 g/mol. The third kappa shape index (κ3) is 3.81. The molecule has 0 amide bonds. The summed E-state index contributed by atoms with van der Waals surface area (Å²) in [5.74, 6) is 8.93. The molecule has 2 aliphatic carbocycles. The molecule has 1 saturated carbocycles. The van der Waals surface area contributed by atoms with Crippen LogP contribution in [0.15, 0.2) is 11.1 Å². The van der Waals surface area contributed by atoms with Gasteiger partial charge in [0.2, 0.25) is 0 Å². The average Bonchev–Trinajstić information content (AvgIpc) is 3.21. The van der Waals surface area contributed by atoms with Crippen molar-refractivity contribution in [1.29, 1.82) is 0 Å². The second-order valence-corrected chi connectivity index (χ2v) is 9.00. The molecule has 0 bridgehead atoms. The SMILES string of the molecule is C[C]1[C]2[C]([C-](C)[C]1C)[C-](C)C(C)=C2C.Cc1c(C)c2[c-](C)c(C)c(C)[c-]2c1C.[Mn+2].[Mn+2]. The van der Waals surface area contributed by atoms with Crippen molar-refractivity contribution < 1.29 is 34.1 Å². The summed E-state index contributed by atoms with van der Waals surface area (Å²) in [6.45, 7) is 26.9. The van der Waals surface area contributed by atoms with E-state index in [4.69, 9.17) is 0 Å². The second kappa shape index (κ2) is 9.62. The van der Waals surface area contributed by atoms with Crippen LogP contribution in [0.1, 0.15) is 74.9 Å². The minimum absolute atomic E-state index is 0. The van der Waals surface area contributed by atoms with Gasteiger partial charge < -0.3 is 5.92 Å². The Bertz CT molecular complexity index is 849. The summed E-state index contributed by atoms with van der Waals surface area (Å²) in [4.78, 5) is 0. The molecule has 2 aromatic carbocycles. The molecule has 30 heavy (non-hydrogen) atoms. The first kappa shape index (κ1) is 27.6. The van der Waals surface area contributed by atoms with Gasteiger partial charge >= 0.3 is 34.1 Å². The summed E-state index contributed by atoms with van der Waals surface area (Å²) in [6.07, 6.45) is 0. The molecule has 2 aromatic rings. The van der Waals surface area contributed by atoms with E-state index >= 15 is 0 Å². The maximum absolute atomic E-state index is 2.25. The normalized spacial score (nSPS) is 18.6. The number of hydrogen-bond donors (Lipinski definition) is 0. The van der Waals surface area contributed by atoms with Crippen LogP contribution in [-0.2, 0) is 34.1 Å². The quantitative estimate of drug-likeness (QED) is 0.264. The molecule has 0 atom stereocenters. The van der Waals surface area contributed by atoms with Gasteiger partial charge in [0.25, 0.3) is 0 Å². The van der Waals surface area contributed by atoms with Crippen LogP contribution in [0.2, 0.25) is 0 Å². The maximum atomic E-state index is 2.25. The van der Waals surface area contributed by atoms with Crippen LogP contribution in [0, 0.1) is 77.0 Å². The van der Waals surface area contributed by atoms with Crippen LogP contribution in [-0.4, -0.2) is 0 Å². The van der Waals surface area contributed by atoms with E-state index in [-0.39, 0.29) is 34.1 Å². The van der Waals surface area contributed by atoms with E-state index in [9.17, 15) is 0 Å². The van der Waals surface area contributed by atoms with Crippen LogP contribution in [0.4, 0.5) is 0 Å². The van der Waals surface area contributed by atoms with Crippen molar-refractivity contribution in [1.82, 2.24) is 0 Å². The van der Waals surface area contributed by atoms with Gasteiger partial charge in [0.15, 0.2) is 0 Å². The minimum atomic E-state index is 0. The van der Waals surface area contributed by atoms with E-state index in [1.54, 1.807) is 0 Å². The molecule has 4 rings (SSSR count). The van der Waals surface area contributed by atoms with Crippen LogP contribution in [0.3, 0.4) is 0 Å². The number of rotatable bonds is 0. The predicted molar refractivity (Wildman–Crippen MR) is 124 cm³/mol. The van der Waals surface area contributed by atoms with Crippen molar-refractivity contribution in [3.05, 3.63) is 80.0 Å². The minimum Gasteiger partial charge on any atom is -0.322 e. The Balaban J connectivity index is 0.000000281. The summed E-state index contributed by atoms with van der Waals surface area (Å²) in [5.41, 5.74) is 11.8. The third-order valence-corrected chi connectivity index (χ3v) is 8.00. The molecule has 0 N–H and O–H groups in total. The molecule has 0 heterocycles. The number of aryl methyl sites for hydroxylation is 4. The van der Waals surface area contributed by atoms with Crippen LogP contribution < -0.4 is 0 Å². The van der Waals surface area contributed by atoms with E-state index < -0.39 is 0 Å². The van der Waals surface area contributed by atoms with Gasteiger partial charge in [-0.15, -0.1) is 46.1 Å². The fourth-order valence-corrected chi connectivity index (χ4v) is 5.25. The van der Waals surface area contributed by atoms with Gasteiger partial charge in [0, 0.05) is 0 Å². The number of fused-ring (bicyclic) bond motifs is 2. The second-order valence-electron chi connectivity index (χ2n) is 9.00. The summed E-state index contributed by atoms with van der Waals surface area (Å²) < 4.78 is 0. The van der Waals surface area contributed by atoms with Crippen LogP contribution in [0.5, 0.6) is 0 Å². The zero-order chi connectivity index (χ0) is 21.2. The summed E-state index contributed by atoms with van der Waals surface area (Å²) in [6, 6.07) is 0. The van der Waals surface area contributed by atoms with Gasteiger partial charge in [0.1, 0.15) is 0 Å². The fourth-order valence-electron chi connectivity index (χ4n) is 5.25. The fraction of sp³-hybridized carbons (Fsp3) is 0.429. The molecule has 162 valence electrons. The van der Waals surface area contributed by atoms with Crippen molar-refractivity contribution in [2.75, 3.05) is 0 Å². The largest absolute Gasteiger partial charge is 2.00 e. The Labute approximate surface area is 207 Å². The Morgan fingerprint density at radius 2 is 1.13 bits per heavy atom. The monoisotopic (exact) mass is 482 g/mol. The van der Waals surface area contributed by atoms with Crippen molar-refractivity contribution in [2.45, 2.75) is 83.1 Å². The first-order valence-corrected chi connectivity index (χ1v) is 10.5. The van der Waals surface area contributed by atoms with Gasteiger partial charge in [-0.05, 0) is 0 Å². The summed E-state index contributed by atoms with van der Waals surface area (Å²) >= 11 is 0. The van der Waals surface area contributed by atoms with E-state index in [1.807, 2.05) is 0 Å². The molecule has 1 fully saturated rings. The molecule has 0 aliphatic heterocycles. The first-order valence-electron chi connectivity index (χ1n) is 10.5. The van der Waals surface area contributed by atoms with E-state index in [1.165, 1.54) is 90.8 Å². The Hall–Kier alpha value is -0.391. The third-order valence-electron chi connectivity index (χ3n) is 8.00. The summed E-state index contributed by atoms with van der Waals surface area (Å²) in [5, 5.41) is 3.02. The van der Waals surface area contributed by atoms with Gasteiger partial charge in [-0.25, -0.2) is 39.7 Å². The van der Waals surface area contributed by atoms with Crippen molar-refractivity contribution in [2.24, 2.45) is 0 Å². The van der Waals surface area contributed by atoms with Gasteiger partial charge in [-0.3, -0.25) is 16.3 Å². The molecular weight excluding hydrogens is 446 g/mol. The van der Waals surface area contributed by atoms with Crippen LogP contribution >= 0.6 is 0 Å². The van der Waals surface area contributed by atoms with Crippen molar-refractivity contribution in [3.63, 3.8) is 0 Å². The Morgan fingerprint density at radius 3 is 1.60 bits per heavy atom. The zero-order valence-electron chi connectivity index (χ0n) is 20.8. The van der Waals surface area contributed by atoms with E-state index in [0.29, 0.717) is 0 Å². The molecule has 2 heteroatoms. The summed E-state index contributed by atoms with van der Waals surface area (Å²) in [7, 11) is 0. The maximum Gasteiger partial charge on any atom is 2.00 e. The Morgan fingerprint density at radius 1 is 0.600 bits per heavy atom. The van der Waals surface area contributed by atoms with Gasteiger partial charge in [-0.1, -0.05) is 47.5 Å². The van der Waals surface area contributed by atoms with Crippen LogP contribution in [0.25, 0.3) is 10.8 Å². The molecule has 0 spiro atoms. The molecule has 0 nitrogen and oxygen atoms in total. The molecule has 2 aliphatic rings. The molecule has 0 aromatic heterocycles. The first-order chi connectivity index (χ1) is 12.9. The smallest absolute Gasteiger partial charge is 0.322 e. The molecule has 0 unspecified atom stereocenters. The van der Waals surface area contributed by atoms with E-state index in [2.05, 4.69) is 83.1 Å².